The number of hydrogen-bond acceptors (Lipinski definition) is 10. The number of nitrogens with zero attached hydrogens (tertiary/aromatic N) is 4. The Morgan fingerprint density at radius 3 is 2.57 bits per heavy atom. The minimum atomic E-state index is -0.523. The van der Waals surface area contributed by atoms with Gasteiger partial charge < -0.3 is 19.7 Å². The normalized spacial score (nSPS) is 21.8. The van der Waals surface area contributed by atoms with Crippen molar-refractivity contribution in [3.63, 3.8) is 0 Å². The van der Waals surface area contributed by atoms with Crippen LogP contribution in [-0.2, 0) is 9.47 Å². The van der Waals surface area contributed by atoms with Crippen LogP contribution >= 0.6 is 23.5 Å². The largest absolute Gasteiger partial charge is 0.444 e. The molecule has 2 unspecified atom stereocenters. The average molecular weight is 712 g/mol. The Kier molecular flexibility index (Phi) is 11.0. The quantitative estimate of drug-likeness (QED) is 0.135. The number of likely N-dealkylation sites (tertiary alicyclic amines) is 1. The smallest absolute Gasteiger partial charge is 0.410 e. The molecular formula is C36H50ClN7O4S. The molecule has 0 radical (unpaired) electrons. The highest BCUT2D eigenvalue weighted by molar-refractivity contribution is 7.97. The van der Waals surface area contributed by atoms with E-state index in [0.717, 1.165) is 55.6 Å². The van der Waals surface area contributed by atoms with E-state index in [0.29, 0.717) is 35.7 Å². The van der Waals surface area contributed by atoms with Gasteiger partial charge in [0, 0.05) is 43.4 Å². The Labute approximate surface area is 299 Å². The van der Waals surface area contributed by atoms with Crippen molar-refractivity contribution in [2.24, 2.45) is 23.7 Å². The summed E-state index contributed by atoms with van der Waals surface area (Å²) in [6.07, 6.45) is 11.8. The average Bonchev–Trinajstić information content (AvgIpc) is 3.98. The molecule has 0 bridgehead atoms. The van der Waals surface area contributed by atoms with Gasteiger partial charge in [-0.2, -0.15) is 5.43 Å². The second kappa shape index (κ2) is 15.0. The molecule has 2 atom stereocenters. The molecule has 3 N–H and O–H groups in total. The van der Waals surface area contributed by atoms with Gasteiger partial charge in [0.2, 0.25) is 0 Å². The standard InChI is InChI=1S/C36H50ClN7O4S/c1-35(2,3)48-34(46)43-22-23(21-36(43,4)5)15-18-38-28-7-6-8-31(39-28)49-42-33(45)27-13-14-29(40-32(27)37)44-19-16-30(41-44)47-20-17-26(24-9-10-24)25-11-12-25/h6-8,13-14,16,19,23-26,30,41H,9-12,15,17-18,20-22H2,1-5H3,(H,38,39)(H,42,45). The summed E-state index contributed by atoms with van der Waals surface area (Å²) >= 11 is 7.59. The third-order valence-electron chi connectivity index (χ3n) is 9.61. The fourth-order valence-electron chi connectivity index (χ4n) is 6.93. The van der Waals surface area contributed by atoms with Gasteiger partial charge in [-0.1, -0.05) is 17.7 Å². The van der Waals surface area contributed by atoms with Crippen LogP contribution in [0.5, 0.6) is 0 Å². The third kappa shape index (κ3) is 9.80. The predicted molar refractivity (Wildman–Crippen MR) is 193 cm³/mol. The van der Waals surface area contributed by atoms with Gasteiger partial charge in [-0.15, -0.1) is 0 Å². The van der Waals surface area contributed by atoms with Gasteiger partial charge in [0.25, 0.3) is 5.91 Å². The number of hydrazine groups is 1. The number of ether oxygens (including phenoxy) is 2. The summed E-state index contributed by atoms with van der Waals surface area (Å²) in [6.45, 7) is 12.0. The summed E-state index contributed by atoms with van der Waals surface area (Å²) in [5.74, 6) is 3.95. The fourth-order valence-corrected chi connectivity index (χ4v) is 7.77. The maximum atomic E-state index is 13.0. The number of nitrogens with one attached hydrogen (secondary N) is 3. The van der Waals surface area contributed by atoms with Crippen LogP contribution in [0, 0.1) is 23.7 Å². The van der Waals surface area contributed by atoms with Crippen LogP contribution < -0.4 is 20.5 Å². The number of rotatable bonds is 14. The van der Waals surface area contributed by atoms with E-state index >= 15 is 0 Å². The Balaban J connectivity index is 0.925. The first kappa shape index (κ1) is 35.8. The molecule has 13 heteroatoms. The zero-order valence-corrected chi connectivity index (χ0v) is 30.8. The highest BCUT2D eigenvalue weighted by Gasteiger charge is 2.43. The van der Waals surface area contributed by atoms with Crippen LogP contribution in [0.1, 0.15) is 89.9 Å². The van der Waals surface area contributed by atoms with E-state index < -0.39 is 5.60 Å². The number of pyridine rings is 2. The molecule has 2 aliphatic heterocycles. The molecule has 2 aliphatic carbocycles. The van der Waals surface area contributed by atoms with E-state index in [1.54, 1.807) is 17.1 Å². The summed E-state index contributed by atoms with van der Waals surface area (Å²) in [7, 11) is 0. The lowest BCUT2D eigenvalue weighted by molar-refractivity contribution is 0.0131. The number of halogens is 1. The van der Waals surface area contributed by atoms with Crippen LogP contribution in [0.15, 0.2) is 47.6 Å². The fraction of sp³-hybridized carbons (Fsp3) is 0.611. The van der Waals surface area contributed by atoms with Crippen LogP contribution in [0.3, 0.4) is 0 Å². The van der Waals surface area contributed by atoms with E-state index in [4.69, 9.17) is 21.1 Å². The maximum absolute atomic E-state index is 13.0. The van der Waals surface area contributed by atoms with Gasteiger partial charge in [-0.3, -0.25) is 14.5 Å². The van der Waals surface area contributed by atoms with E-state index in [9.17, 15) is 9.59 Å². The molecule has 0 aromatic carbocycles. The topological polar surface area (TPSA) is 121 Å². The number of anilines is 2. The SMILES string of the molecule is CC(C)(C)OC(=O)N1CC(CCNc2cccc(SNC(=O)c3ccc(N4C=CC(OCCC(C5CC5)C5CC5)N4)nc3Cl)n2)CC1(C)C. The monoisotopic (exact) mass is 711 g/mol. The van der Waals surface area contributed by atoms with Crippen molar-refractivity contribution < 1.29 is 19.1 Å². The lowest BCUT2D eigenvalue weighted by Gasteiger charge is -2.33. The molecule has 1 saturated heterocycles. The molecule has 49 heavy (non-hydrogen) atoms. The Bertz CT molecular complexity index is 1510. The molecule has 266 valence electrons. The zero-order chi connectivity index (χ0) is 34.8. The van der Waals surface area contributed by atoms with Crippen LogP contribution in [0.2, 0.25) is 5.15 Å². The third-order valence-corrected chi connectivity index (χ3v) is 10.6. The first-order valence-corrected chi connectivity index (χ1v) is 18.7. The molecule has 11 nitrogen and oxygen atoms in total. The number of aromatic nitrogens is 2. The second-order valence-electron chi connectivity index (χ2n) is 15.4. The summed E-state index contributed by atoms with van der Waals surface area (Å²) in [4.78, 5) is 36.7. The molecule has 4 aliphatic rings. The first-order valence-electron chi connectivity index (χ1n) is 17.6. The van der Waals surface area contributed by atoms with E-state index in [1.165, 1.54) is 25.7 Å². The van der Waals surface area contributed by atoms with Crippen molar-refractivity contribution in [2.45, 2.75) is 102 Å². The number of hydrogen-bond donors (Lipinski definition) is 3. The number of amides is 2. The van der Waals surface area contributed by atoms with Crippen molar-refractivity contribution >= 4 is 47.2 Å². The summed E-state index contributed by atoms with van der Waals surface area (Å²) < 4.78 is 14.6. The van der Waals surface area contributed by atoms with Crippen molar-refractivity contribution in [3.8, 4) is 0 Å². The van der Waals surface area contributed by atoms with Gasteiger partial charge in [-0.25, -0.2) is 14.8 Å². The molecule has 6 rings (SSSR count). The summed E-state index contributed by atoms with van der Waals surface area (Å²) in [5.41, 5.74) is 2.78. The maximum Gasteiger partial charge on any atom is 0.410 e. The minimum absolute atomic E-state index is 0.107. The van der Waals surface area contributed by atoms with Crippen LogP contribution in [0.25, 0.3) is 0 Å². The van der Waals surface area contributed by atoms with Gasteiger partial charge in [0.1, 0.15) is 33.6 Å². The molecular weight excluding hydrogens is 662 g/mol. The molecule has 4 heterocycles. The zero-order valence-electron chi connectivity index (χ0n) is 29.2. The van der Waals surface area contributed by atoms with Crippen molar-refractivity contribution in [1.82, 2.24) is 25.0 Å². The van der Waals surface area contributed by atoms with E-state index in [2.05, 4.69) is 39.3 Å². The Morgan fingerprint density at radius 2 is 1.88 bits per heavy atom. The Hall–Kier alpha value is -3.06. The highest BCUT2D eigenvalue weighted by atomic mass is 35.5. The van der Waals surface area contributed by atoms with Gasteiger partial charge in [-0.05, 0) is 134 Å². The molecule has 2 aromatic heterocycles. The summed E-state index contributed by atoms with van der Waals surface area (Å²) in [6, 6.07) is 9.04. The van der Waals surface area contributed by atoms with Crippen molar-refractivity contribution in [3.05, 3.63) is 53.3 Å². The lowest BCUT2D eigenvalue weighted by Crippen LogP contribution is -2.45. The summed E-state index contributed by atoms with van der Waals surface area (Å²) in [5, 5.41) is 5.89. The highest BCUT2D eigenvalue weighted by Crippen LogP contribution is 2.50. The molecule has 2 amide bonds. The Morgan fingerprint density at radius 1 is 1.12 bits per heavy atom. The molecule has 3 fully saturated rings. The van der Waals surface area contributed by atoms with E-state index in [-0.39, 0.29) is 34.5 Å². The number of carbonyl (C=O) groups excluding carboxylic acids is 2. The predicted octanol–water partition coefficient (Wildman–Crippen LogP) is 7.41. The molecule has 2 saturated carbocycles. The lowest BCUT2D eigenvalue weighted by atomic mass is 9.94. The minimum Gasteiger partial charge on any atom is -0.444 e. The van der Waals surface area contributed by atoms with Gasteiger partial charge in [0.05, 0.1) is 5.56 Å². The number of carbonyl (C=O) groups is 2. The van der Waals surface area contributed by atoms with Crippen LogP contribution in [-0.4, -0.2) is 63.9 Å². The van der Waals surface area contributed by atoms with Crippen LogP contribution in [0.4, 0.5) is 16.4 Å². The van der Waals surface area contributed by atoms with Gasteiger partial charge >= 0.3 is 6.09 Å². The molecule has 2 aromatic rings. The molecule has 0 spiro atoms. The first-order chi connectivity index (χ1) is 23.3. The second-order valence-corrected chi connectivity index (χ2v) is 16.5. The van der Waals surface area contributed by atoms with Crippen molar-refractivity contribution in [1.29, 1.82) is 0 Å². The van der Waals surface area contributed by atoms with Gasteiger partial charge in [0.15, 0.2) is 0 Å². The van der Waals surface area contributed by atoms with Crippen molar-refractivity contribution in [2.75, 3.05) is 30.0 Å². The van der Waals surface area contributed by atoms with E-state index in [1.807, 2.05) is 56.1 Å².